The highest BCUT2D eigenvalue weighted by molar-refractivity contribution is 5.73. The number of halogens is 3. The van der Waals surface area contributed by atoms with Crippen molar-refractivity contribution >= 4 is 17.5 Å². The summed E-state index contributed by atoms with van der Waals surface area (Å²) in [6, 6.07) is 1.47. The zero-order valence-electron chi connectivity index (χ0n) is 11.7. The van der Waals surface area contributed by atoms with E-state index in [1.54, 1.807) is 9.80 Å². The monoisotopic (exact) mass is 303 g/mol. The van der Waals surface area contributed by atoms with Crippen LogP contribution >= 0.6 is 0 Å². The molecule has 0 atom stereocenters. The minimum absolute atomic E-state index is 0.0377. The van der Waals surface area contributed by atoms with Gasteiger partial charge in [0.1, 0.15) is 11.6 Å². The number of aromatic nitrogens is 2. The number of piperazine rings is 1. The second-order valence-electron chi connectivity index (χ2n) is 4.68. The minimum atomic E-state index is -4.59. The molecule has 0 aliphatic carbocycles. The fourth-order valence-electron chi connectivity index (χ4n) is 2.10. The van der Waals surface area contributed by atoms with Crippen molar-refractivity contribution in [2.45, 2.75) is 13.1 Å². The van der Waals surface area contributed by atoms with Crippen LogP contribution in [0.5, 0.6) is 0 Å². The molecule has 2 rings (SSSR count). The summed E-state index contributed by atoms with van der Waals surface area (Å²) in [5, 5.41) is 2.60. The Morgan fingerprint density at radius 1 is 1.24 bits per heavy atom. The second-order valence-corrected chi connectivity index (χ2v) is 4.68. The highest BCUT2D eigenvalue weighted by Crippen LogP contribution is 2.29. The van der Waals surface area contributed by atoms with Gasteiger partial charge in [-0.05, 0) is 0 Å². The lowest BCUT2D eigenvalue weighted by Crippen LogP contribution is -2.48. The van der Waals surface area contributed by atoms with E-state index in [4.69, 9.17) is 0 Å². The van der Waals surface area contributed by atoms with Gasteiger partial charge in [-0.25, -0.2) is 9.97 Å². The summed E-state index contributed by atoms with van der Waals surface area (Å²) in [5.74, 6) is -0.881. The van der Waals surface area contributed by atoms with Crippen molar-refractivity contribution in [3.05, 3.63) is 11.9 Å². The number of anilines is 2. The first-order valence-corrected chi connectivity index (χ1v) is 6.45. The molecule has 0 unspecified atom stereocenters. The summed E-state index contributed by atoms with van der Waals surface area (Å²) < 4.78 is 38.4. The molecule has 2 heterocycles. The van der Waals surface area contributed by atoms with Crippen LogP contribution in [0.15, 0.2) is 6.07 Å². The van der Waals surface area contributed by atoms with E-state index in [0.29, 0.717) is 26.2 Å². The normalized spacial score (nSPS) is 16.0. The van der Waals surface area contributed by atoms with Crippen molar-refractivity contribution in [1.82, 2.24) is 14.9 Å². The summed E-state index contributed by atoms with van der Waals surface area (Å²) >= 11 is 0. The number of carbonyl (C=O) groups excluding carboxylic acids is 1. The van der Waals surface area contributed by atoms with E-state index in [2.05, 4.69) is 15.3 Å². The number of rotatable bonds is 2. The van der Waals surface area contributed by atoms with E-state index < -0.39 is 12.0 Å². The van der Waals surface area contributed by atoms with E-state index in [9.17, 15) is 18.0 Å². The summed E-state index contributed by atoms with van der Waals surface area (Å²) in [6.45, 7) is 3.29. The smallest absolute Gasteiger partial charge is 0.373 e. The number of amides is 1. The van der Waals surface area contributed by atoms with Gasteiger partial charge in [0, 0.05) is 46.2 Å². The maximum Gasteiger partial charge on any atom is 0.451 e. The van der Waals surface area contributed by atoms with Gasteiger partial charge in [-0.2, -0.15) is 13.2 Å². The van der Waals surface area contributed by atoms with Gasteiger partial charge in [0.25, 0.3) is 0 Å². The Kier molecular flexibility index (Phi) is 4.19. The number of nitrogens with one attached hydrogen (secondary N) is 1. The quantitative estimate of drug-likeness (QED) is 0.890. The van der Waals surface area contributed by atoms with Crippen LogP contribution in [0.25, 0.3) is 0 Å². The van der Waals surface area contributed by atoms with Crippen molar-refractivity contribution in [1.29, 1.82) is 0 Å². The molecule has 0 saturated carbocycles. The van der Waals surface area contributed by atoms with E-state index in [-0.39, 0.29) is 17.5 Å². The largest absolute Gasteiger partial charge is 0.451 e. The van der Waals surface area contributed by atoms with Gasteiger partial charge in [-0.15, -0.1) is 0 Å². The predicted molar refractivity (Wildman–Crippen MR) is 71.0 cm³/mol. The molecule has 1 amide bonds. The van der Waals surface area contributed by atoms with Gasteiger partial charge in [-0.1, -0.05) is 0 Å². The molecule has 9 heteroatoms. The van der Waals surface area contributed by atoms with E-state index in [0.717, 1.165) is 0 Å². The fraction of sp³-hybridized carbons (Fsp3) is 0.583. The summed E-state index contributed by atoms with van der Waals surface area (Å²) in [7, 11) is 1.50. The molecule has 1 aromatic heterocycles. The average molecular weight is 303 g/mol. The zero-order valence-corrected chi connectivity index (χ0v) is 11.7. The second kappa shape index (κ2) is 5.74. The van der Waals surface area contributed by atoms with Crippen LogP contribution in [0.2, 0.25) is 0 Å². The minimum Gasteiger partial charge on any atom is -0.373 e. The third-order valence-electron chi connectivity index (χ3n) is 3.27. The van der Waals surface area contributed by atoms with Crippen LogP contribution in [0.4, 0.5) is 24.8 Å². The molecule has 1 saturated heterocycles. The molecule has 0 aromatic carbocycles. The van der Waals surface area contributed by atoms with Crippen molar-refractivity contribution < 1.29 is 18.0 Å². The Balaban J connectivity index is 2.22. The van der Waals surface area contributed by atoms with E-state index in [1.165, 1.54) is 20.0 Å². The van der Waals surface area contributed by atoms with Crippen LogP contribution < -0.4 is 10.2 Å². The lowest BCUT2D eigenvalue weighted by atomic mass is 10.3. The standard InChI is InChI=1S/C12H16F3N5O/c1-8(21)19-3-5-20(6-4-19)10-7-9(16-2)17-11(18-10)12(13,14)15/h7H,3-6H2,1-2H3,(H,16,17,18). The molecule has 1 aliphatic heterocycles. The molecule has 1 fully saturated rings. The first-order valence-electron chi connectivity index (χ1n) is 6.45. The van der Waals surface area contributed by atoms with E-state index >= 15 is 0 Å². The first-order chi connectivity index (χ1) is 9.81. The maximum atomic E-state index is 12.8. The SMILES string of the molecule is CNc1cc(N2CCN(C(C)=O)CC2)nc(C(F)(F)F)n1. The summed E-state index contributed by atoms with van der Waals surface area (Å²) in [4.78, 5) is 21.6. The molecule has 0 radical (unpaired) electrons. The van der Waals surface area contributed by atoms with Gasteiger partial charge < -0.3 is 15.1 Å². The third-order valence-corrected chi connectivity index (χ3v) is 3.27. The van der Waals surface area contributed by atoms with Crippen LogP contribution in [-0.4, -0.2) is 54.0 Å². The molecule has 116 valence electrons. The average Bonchev–Trinajstić information content (AvgIpc) is 2.46. The van der Waals surface area contributed by atoms with Gasteiger partial charge >= 0.3 is 6.18 Å². The van der Waals surface area contributed by atoms with Crippen LogP contribution in [-0.2, 0) is 11.0 Å². The maximum absolute atomic E-state index is 12.8. The third kappa shape index (κ3) is 3.53. The lowest BCUT2D eigenvalue weighted by molar-refractivity contribution is -0.144. The van der Waals surface area contributed by atoms with Gasteiger partial charge in [-0.3, -0.25) is 4.79 Å². The number of hydrogen-bond donors (Lipinski definition) is 1. The Bertz CT molecular complexity index is 526. The van der Waals surface area contributed by atoms with Crippen LogP contribution in [0, 0.1) is 0 Å². The van der Waals surface area contributed by atoms with Gasteiger partial charge in [0.2, 0.25) is 11.7 Å². The zero-order chi connectivity index (χ0) is 15.6. The molecular formula is C12H16F3N5O. The molecule has 0 spiro atoms. The molecule has 1 aromatic rings. The number of hydrogen-bond acceptors (Lipinski definition) is 5. The highest BCUT2D eigenvalue weighted by atomic mass is 19.4. The Morgan fingerprint density at radius 3 is 2.33 bits per heavy atom. The molecule has 21 heavy (non-hydrogen) atoms. The number of alkyl halides is 3. The summed E-state index contributed by atoms with van der Waals surface area (Å²) in [5.41, 5.74) is 0. The van der Waals surface area contributed by atoms with Crippen molar-refractivity contribution in [2.75, 3.05) is 43.4 Å². The molecular weight excluding hydrogens is 287 g/mol. The first kappa shape index (κ1) is 15.3. The topological polar surface area (TPSA) is 61.4 Å². The van der Waals surface area contributed by atoms with Gasteiger partial charge in [0.15, 0.2) is 0 Å². The predicted octanol–water partition coefficient (Wildman–Crippen LogP) is 1.21. The summed E-state index contributed by atoms with van der Waals surface area (Å²) in [6.07, 6.45) is -4.59. The van der Waals surface area contributed by atoms with Crippen LogP contribution in [0.1, 0.15) is 12.7 Å². The van der Waals surface area contributed by atoms with Crippen LogP contribution in [0.3, 0.4) is 0 Å². The number of nitrogens with zero attached hydrogens (tertiary/aromatic N) is 4. The lowest BCUT2D eigenvalue weighted by Gasteiger charge is -2.35. The Morgan fingerprint density at radius 2 is 1.86 bits per heavy atom. The molecule has 0 bridgehead atoms. The van der Waals surface area contributed by atoms with E-state index in [1.807, 2.05) is 0 Å². The van der Waals surface area contributed by atoms with Crippen molar-refractivity contribution in [3.8, 4) is 0 Å². The molecule has 1 aliphatic rings. The Labute approximate surface area is 120 Å². The highest BCUT2D eigenvalue weighted by Gasteiger charge is 2.36. The van der Waals surface area contributed by atoms with Gasteiger partial charge in [0.05, 0.1) is 0 Å². The number of carbonyl (C=O) groups is 1. The van der Waals surface area contributed by atoms with Crippen molar-refractivity contribution in [3.63, 3.8) is 0 Å². The Hall–Kier alpha value is -2.06. The van der Waals surface area contributed by atoms with Crippen molar-refractivity contribution in [2.24, 2.45) is 0 Å². The fourth-order valence-corrected chi connectivity index (χ4v) is 2.10. The molecule has 1 N–H and O–H groups in total. The molecule has 6 nitrogen and oxygen atoms in total.